The second kappa shape index (κ2) is 8.85. The number of rotatable bonds is 9. The summed E-state index contributed by atoms with van der Waals surface area (Å²) in [6.07, 6.45) is 4.79. The smallest absolute Gasteiger partial charge is 0.160 e. The Balaban J connectivity index is 2.55. The first-order valence-electron chi connectivity index (χ1n) is 7.57. The highest BCUT2D eigenvalue weighted by atomic mass is 16.5. The third-order valence-corrected chi connectivity index (χ3v) is 3.55. The van der Waals surface area contributed by atoms with Crippen molar-refractivity contribution in [3.63, 3.8) is 0 Å². The summed E-state index contributed by atoms with van der Waals surface area (Å²) in [6, 6.07) is 7.18. The fourth-order valence-electron chi connectivity index (χ4n) is 2.50. The molecule has 2 atom stereocenters. The van der Waals surface area contributed by atoms with Gasteiger partial charge in [0.05, 0.1) is 14.2 Å². The number of hydrogen-bond acceptors (Lipinski definition) is 3. The molecule has 0 saturated heterocycles. The first-order valence-corrected chi connectivity index (χ1v) is 7.57. The predicted molar refractivity (Wildman–Crippen MR) is 84.8 cm³/mol. The van der Waals surface area contributed by atoms with E-state index in [1.165, 1.54) is 24.8 Å². The number of benzene rings is 1. The molecule has 1 N–H and O–H groups in total. The van der Waals surface area contributed by atoms with Gasteiger partial charge in [0.15, 0.2) is 11.5 Å². The zero-order valence-electron chi connectivity index (χ0n) is 13.5. The lowest BCUT2D eigenvalue weighted by Gasteiger charge is -2.20. The fourth-order valence-corrected chi connectivity index (χ4v) is 2.50. The van der Waals surface area contributed by atoms with Crippen LogP contribution in [0.25, 0.3) is 0 Å². The van der Waals surface area contributed by atoms with Crippen LogP contribution in [0.15, 0.2) is 18.2 Å². The molecule has 0 aliphatic rings. The predicted octanol–water partition coefficient (Wildman–Crippen LogP) is 3.80. The van der Waals surface area contributed by atoms with Crippen molar-refractivity contribution in [3.8, 4) is 11.5 Å². The van der Waals surface area contributed by atoms with Gasteiger partial charge >= 0.3 is 0 Å². The Labute approximate surface area is 123 Å². The molecule has 0 bridgehead atoms. The second-order valence-electron chi connectivity index (χ2n) is 5.50. The molecule has 0 amide bonds. The summed E-state index contributed by atoms with van der Waals surface area (Å²) in [5.41, 5.74) is 1.27. The van der Waals surface area contributed by atoms with Crippen LogP contribution in [-0.2, 0) is 6.42 Å². The van der Waals surface area contributed by atoms with Crippen molar-refractivity contribution in [2.75, 3.05) is 14.2 Å². The average Bonchev–Trinajstić information content (AvgIpc) is 2.44. The highest BCUT2D eigenvalue weighted by Crippen LogP contribution is 2.27. The quantitative estimate of drug-likeness (QED) is 0.745. The van der Waals surface area contributed by atoms with Gasteiger partial charge in [-0.2, -0.15) is 0 Å². The van der Waals surface area contributed by atoms with Gasteiger partial charge in [-0.25, -0.2) is 0 Å². The van der Waals surface area contributed by atoms with E-state index in [-0.39, 0.29) is 0 Å². The van der Waals surface area contributed by atoms with Gasteiger partial charge in [-0.1, -0.05) is 25.8 Å². The molecule has 3 nitrogen and oxygen atoms in total. The van der Waals surface area contributed by atoms with E-state index in [4.69, 9.17) is 9.47 Å². The van der Waals surface area contributed by atoms with Gasteiger partial charge in [-0.3, -0.25) is 0 Å². The van der Waals surface area contributed by atoms with E-state index in [0.29, 0.717) is 12.1 Å². The molecule has 0 aromatic heterocycles. The van der Waals surface area contributed by atoms with Gasteiger partial charge in [0.25, 0.3) is 0 Å². The van der Waals surface area contributed by atoms with Crippen LogP contribution in [0, 0.1) is 0 Å². The zero-order valence-corrected chi connectivity index (χ0v) is 13.5. The van der Waals surface area contributed by atoms with Gasteiger partial charge < -0.3 is 14.8 Å². The number of methoxy groups -OCH3 is 2. The molecule has 1 aromatic rings. The van der Waals surface area contributed by atoms with Gasteiger partial charge in [0.2, 0.25) is 0 Å². The van der Waals surface area contributed by atoms with E-state index >= 15 is 0 Å². The van der Waals surface area contributed by atoms with Crippen LogP contribution >= 0.6 is 0 Å². The molecule has 1 rings (SSSR count). The van der Waals surface area contributed by atoms with Crippen molar-refractivity contribution in [3.05, 3.63) is 23.8 Å². The van der Waals surface area contributed by atoms with E-state index in [1.54, 1.807) is 14.2 Å². The van der Waals surface area contributed by atoms with Gasteiger partial charge in [0.1, 0.15) is 0 Å². The van der Waals surface area contributed by atoms with Gasteiger partial charge in [-0.15, -0.1) is 0 Å². The first-order chi connectivity index (χ1) is 9.60. The summed E-state index contributed by atoms with van der Waals surface area (Å²) in [6.45, 7) is 6.74. The molecule has 0 radical (unpaired) electrons. The van der Waals surface area contributed by atoms with Crippen molar-refractivity contribution >= 4 is 0 Å². The molecule has 114 valence electrons. The summed E-state index contributed by atoms with van der Waals surface area (Å²) >= 11 is 0. The molecule has 0 aliphatic carbocycles. The Morgan fingerprint density at radius 2 is 1.75 bits per heavy atom. The monoisotopic (exact) mass is 279 g/mol. The lowest BCUT2D eigenvalue weighted by molar-refractivity contribution is 0.354. The third kappa shape index (κ3) is 5.41. The molecule has 2 unspecified atom stereocenters. The Bertz CT molecular complexity index is 393. The van der Waals surface area contributed by atoms with Crippen LogP contribution < -0.4 is 14.8 Å². The van der Waals surface area contributed by atoms with Crippen molar-refractivity contribution < 1.29 is 9.47 Å². The average molecular weight is 279 g/mol. The van der Waals surface area contributed by atoms with Crippen LogP contribution in [0.2, 0.25) is 0 Å². The van der Waals surface area contributed by atoms with Crippen molar-refractivity contribution in [2.24, 2.45) is 0 Å². The van der Waals surface area contributed by atoms with Crippen molar-refractivity contribution in [1.82, 2.24) is 5.32 Å². The first kappa shape index (κ1) is 16.8. The molecule has 0 heterocycles. The van der Waals surface area contributed by atoms with Crippen molar-refractivity contribution in [2.45, 2.75) is 58.5 Å². The normalized spacial score (nSPS) is 13.8. The van der Waals surface area contributed by atoms with E-state index in [0.717, 1.165) is 17.9 Å². The van der Waals surface area contributed by atoms with Crippen LogP contribution in [0.4, 0.5) is 0 Å². The second-order valence-corrected chi connectivity index (χ2v) is 5.50. The lowest BCUT2D eigenvalue weighted by Crippen LogP contribution is -2.35. The summed E-state index contributed by atoms with van der Waals surface area (Å²) in [5, 5.41) is 3.66. The number of ether oxygens (including phenoxy) is 2. The summed E-state index contributed by atoms with van der Waals surface area (Å²) in [4.78, 5) is 0. The standard InChI is InChI=1S/C17H29NO2/c1-6-7-8-13(2)18-14(3)11-15-9-10-16(19-4)17(12-15)20-5/h9-10,12-14,18H,6-8,11H2,1-5H3. The molecule has 1 aromatic carbocycles. The Kier molecular flexibility index (Phi) is 7.45. The number of nitrogens with one attached hydrogen (secondary N) is 1. The fraction of sp³-hybridized carbons (Fsp3) is 0.647. The zero-order chi connectivity index (χ0) is 15.0. The van der Waals surface area contributed by atoms with Gasteiger partial charge in [-0.05, 0) is 44.4 Å². The third-order valence-electron chi connectivity index (χ3n) is 3.55. The minimum Gasteiger partial charge on any atom is -0.493 e. The molecular formula is C17H29NO2. The van der Waals surface area contributed by atoms with Crippen LogP contribution in [0.5, 0.6) is 11.5 Å². The van der Waals surface area contributed by atoms with E-state index < -0.39 is 0 Å². The number of unbranched alkanes of at least 4 members (excludes halogenated alkanes) is 1. The van der Waals surface area contributed by atoms with E-state index in [9.17, 15) is 0 Å². The molecule has 0 saturated carbocycles. The van der Waals surface area contributed by atoms with Crippen LogP contribution in [-0.4, -0.2) is 26.3 Å². The van der Waals surface area contributed by atoms with E-state index in [2.05, 4.69) is 38.2 Å². The Morgan fingerprint density at radius 1 is 1.05 bits per heavy atom. The van der Waals surface area contributed by atoms with E-state index in [1.807, 2.05) is 6.07 Å². The highest BCUT2D eigenvalue weighted by Gasteiger charge is 2.10. The van der Waals surface area contributed by atoms with Crippen LogP contribution in [0.3, 0.4) is 0 Å². The summed E-state index contributed by atoms with van der Waals surface area (Å²) < 4.78 is 10.6. The minimum absolute atomic E-state index is 0.458. The Hall–Kier alpha value is -1.22. The molecule has 3 heteroatoms. The van der Waals surface area contributed by atoms with Crippen LogP contribution in [0.1, 0.15) is 45.6 Å². The number of hydrogen-bond donors (Lipinski definition) is 1. The molecule has 0 fully saturated rings. The summed E-state index contributed by atoms with van der Waals surface area (Å²) in [7, 11) is 3.34. The minimum atomic E-state index is 0.458. The lowest BCUT2D eigenvalue weighted by atomic mass is 10.0. The SMILES string of the molecule is CCCCC(C)NC(C)Cc1ccc(OC)c(OC)c1. The molecular weight excluding hydrogens is 250 g/mol. The Morgan fingerprint density at radius 3 is 2.35 bits per heavy atom. The summed E-state index contributed by atoms with van der Waals surface area (Å²) in [5.74, 6) is 1.59. The van der Waals surface area contributed by atoms with Gasteiger partial charge in [0, 0.05) is 12.1 Å². The molecule has 20 heavy (non-hydrogen) atoms. The maximum atomic E-state index is 5.35. The maximum absolute atomic E-state index is 5.35. The molecule has 0 spiro atoms. The molecule has 0 aliphatic heterocycles. The topological polar surface area (TPSA) is 30.5 Å². The highest BCUT2D eigenvalue weighted by molar-refractivity contribution is 5.43. The van der Waals surface area contributed by atoms with Crippen molar-refractivity contribution in [1.29, 1.82) is 0 Å². The maximum Gasteiger partial charge on any atom is 0.160 e. The largest absolute Gasteiger partial charge is 0.493 e.